The summed E-state index contributed by atoms with van der Waals surface area (Å²) in [5, 5.41) is 1.20. The summed E-state index contributed by atoms with van der Waals surface area (Å²) in [7, 11) is 0. The number of pyridine rings is 1. The van der Waals surface area contributed by atoms with Crippen LogP contribution < -0.4 is 5.73 Å². The van der Waals surface area contributed by atoms with Gasteiger partial charge in [0.2, 0.25) is 0 Å². The highest BCUT2D eigenvalue weighted by molar-refractivity contribution is 5.92. The Morgan fingerprint density at radius 2 is 1.86 bits per heavy atom. The van der Waals surface area contributed by atoms with Crippen molar-refractivity contribution in [2.24, 2.45) is 5.73 Å². The van der Waals surface area contributed by atoms with Crippen molar-refractivity contribution in [1.29, 1.82) is 0 Å². The van der Waals surface area contributed by atoms with Crippen LogP contribution in [0.2, 0.25) is 0 Å². The zero-order chi connectivity index (χ0) is 19.1. The molecule has 4 aromatic rings. The van der Waals surface area contributed by atoms with E-state index in [-0.39, 0.29) is 0 Å². The number of H-pyrrole nitrogens is 1. The number of carbonyl (C=O) groups is 1. The van der Waals surface area contributed by atoms with Crippen LogP contribution in [0.4, 0.5) is 0 Å². The number of nitrogens with one attached hydrogen (secondary N) is 1. The van der Waals surface area contributed by atoms with Crippen LogP contribution in [0.25, 0.3) is 22.2 Å². The number of benzene rings is 2. The highest BCUT2D eigenvalue weighted by atomic mass is 16.1. The second kappa shape index (κ2) is 6.64. The van der Waals surface area contributed by atoms with Gasteiger partial charge in [0.1, 0.15) is 5.69 Å². The predicted octanol–water partition coefficient (Wildman–Crippen LogP) is 4.80. The minimum atomic E-state index is -0.502. The largest absolute Gasteiger partial charge is 0.364 e. The van der Waals surface area contributed by atoms with Crippen LogP contribution in [0.1, 0.15) is 46.1 Å². The maximum Gasteiger partial charge on any atom is 0.267 e. The number of hydrogen-bond donors (Lipinski definition) is 2. The molecule has 0 saturated heterocycles. The summed E-state index contributed by atoms with van der Waals surface area (Å²) in [5.74, 6) is 0.211. The summed E-state index contributed by atoms with van der Waals surface area (Å²) in [6, 6.07) is 22.5. The number of amides is 1. The molecule has 0 aliphatic heterocycles. The number of primary amides is 1. The fourth-order valence-corrected chi connectivity index (χ4v) is 3.88. The van der Waals surface area contributed by atoms with Crippen molar-refractivity contribution < 1.29 is 4.79 Å². The van der Waals surface area contributed by atoms with Crippen molar-refractivity contribution in [2.45, 2.75) is 25.2 Å². The quantitative estimate of drug-likeness (QED) is 0.532. The van der Waals surface area contributed by atoms with Gasteiger partial charge in [-0.15, -0.1) is 0 Å². The molecule has 1 fully saturated rings. The third kappa shape index (κ3) is 3.07. The molecule has 0 bridgehead atoms. The SMILES string of the molecule is NC(=O)c1cccc(Cc2c(-c3ccccc3)[nH]c3cc(C4CC4)ccc23)n1. The lowest BCUT2D eigenvalue weighted by atomic mass is 9.99. The standard InChI is InChI=1S/C24H21N3O/c25-24(28)21-8-4-7-18(26-21)14-20-19-12-11-17(15-9-10-15)13-22(19)27-23(20)16-5-2-1-3-6-16/h1-8,11-13,15,27H,9-10,14H2,(H2,25,28). The van der Waals surface area contributed by atoms with Gasteiger partial charge in [0, 0.05) is 23.0 Å². The fraction of sp³-hybridized carbons (Fsp3) is 0.167. The highest BCUT2D eigenvalue weighted by Crippen LogP contribution is 2.42. The van der Waals surface area contributed by atoms with Crippen LogP contribution in [0.3, 0.4) is 0 Å². The molecule has 0 radical (unpaired) electrons. The van der Waals surface area contributed by atoms with E-state index in [4.69, 9.17) is 5.73 Å². The predicted molar refractivity (Wildman–Crippen MR) is 111 cm³/mol. The molecule has 2 aromatic heterocycles. The molecule has 138 valence electrons. The topological polar surface area (TPSA) is 71.8 Å². The number of fused-ring (bicyclic) bond motifs is 1. The summed E-state index contributed by atoms with van der Waals surface area (Å²) in [5.41, 5.74) is 12.6. The van der Waals surface area contributed by atoms with Gasteiger partial charge in [-0.2, -0.15) is 0 Å². The van der Waals surface area contributed by atoms with E-state index in [9.17, 15) is 4.79 Å². The van der Waals surface area contributed by atoms with Gasteiger partial charge in [-0.25, -0.2) is 4.98 Å². The molecule has 0 atom stereocenters. The summed E-state index contributed by atoms with van der Waals surface area (Å²) in [6.45, 7) is 0. The first-order valence-corrected chi connectivity index (χ1v) is 9.65. The van der Waals surface area contributed by atoms with Crippen LogP contribution in [-0.4, -0.2) is 15.9 Å². The minimum absolute atomic E-state index is 0.301. The molecule has 1 aliphatic carbocycles. The van der Waals surface area contributed by atoms with Crippen molar-refractivity contribution in [3.8, 4) is 11.3 Å². The lowest BCUT2D eigenvalue weighted by Gasteiger charge is -2.06. The van der Waals surface area contributed by atoms with Gasteiger partial charge in [0.05, 0.1) is 5.69 Å². The van der Waals surface area contributed by atoms with Crippen LogP contribution >= 0.6 is 0 Å². The van der Waals surface area contributed by atoms with E-state index >= 15 is 0 Å². The van der Waals surface area contributed by atoms with E-state index in [2.05, 4.69) is 40.3 Å². The Bertz CT molecular complexity index is 1170. The second-order valence-corrected chi connectivity index (χ2v) is 7.48. The first-order chi connectivity index (χ1) is 13.7. The Balaban J connectivity index is 1.65. The molecule has 4 heteroatoms. The van der Waals surface area contributed by atoms with Crippen molar-refractivity contribution >= 4 is 16.8 Å². The summed E-state index contributed by atoms with van der Waals surface area (Å²) in [6.07, 6.45) is 3.21. The Morgan fingerprint density at radius 1 is 1.04 bits per heavy atom. The highest BCUT2D eigenvalue weighted by Gasteiger charge is 2.24. The number of nitrogens with zero attached hydrogens (tertiary/aromatic N) is 1. The molecule has 3 N–H and O–H groups in total. The van der Waals surface area contributed by atoms with E-state index in [1.165, 1.54) is 29.4 Å². The lowest BCUT2D eigenvalue weighted by Crippen LogP contribution is -2.13. The molecule has 2 aromatic carbocycles. The molecular formula is C24H21N3O. The first kappa shape index (κ1) is 16.8. The van der Waals surface area contributed by atoms with E-state index in [1.54, 1.807) is 6.07 Å². The summed E-state index contributed by atoms with van der Waals surface area (Å²) >= 11 is 0. The third-order valence-corrected chi connectivity index (χ3v) is 5.46. The van der Waals surface area contributed by atoms with Gasteiger partial charge >= 0.3 is 0 Å². The van der Waals surface area contributed by atoms with Gasteiger partial charge in [0.15, 0.2) is 0 Å². The molecule has 5 rings (SSSR count). The monoisotopic (exact) mass is 367 g/mol. The van der Waals surface area contributed by atoms with Crippen LogP contribution in [0.5, 0.6) is 0 Å². The number of rotatable bonds is 5. The van der Waals surface area contributed by atoms with E-state index in [0.717, 1.165) is 22.5 Å². The van der Waals surface area contributed by atoms with Crippen LogP contribution in [0.15, 0.2) is 66.7 Å². The molecule has 1 amide bonds. The first-order valence-electron chi connectivity index (χ1n) is 9.65. The number of aromatic amines is 1. The Morgan fingerprint density at radius 3 is 2.61 bits per heavy atom. The van der Waals surface area contributed by atoms with E-state index in [1.807, 2.05) is 30.3 Å². The van der Waals surface area contributed by atoms with Gasteiger partial charge < -0.3 is 10.7 Å². The number of aromatic nitrogens is 2. The number of hydrogen-bond acceptors (Lipinski definition) is 2. The normalized spacial score (nSPS) is 13.7. The van der Waals surface area contributed by atoms with Crippen LogP contribution in [0, 0.1) is 0 Å². The van der Waals surface area contributed by atoms with Gasteiger partial charge in [-0.05, 0) is 53.6 Å². The third-order valence-electron chi connectivity index (χ3n) is 5.46. The molecule has 2 heterocycles. The smallest absolute Gasteiger partial charge is 0.267 e. The Labute approximate surface area is 163 Å². The molecule has 4 nitrogen and oxygen atoms in total. The van der Waals surface area contributed by atoms with Crippen molar-refractivity contribution in [1.82, 2.24) is 9.97 Å². The van der Waals surface area contributed by atoms with E-state index in [0.29, 0.717) is 18.0 Å². The molecule has 28 heavy (non-hydrogen) atoms. The van der Waals surface area contributed by atoms with Crippen molar-refractivity contribution in [2.75, 3.05) is 0 Å². The zero-order valence-electron chi connectivity index (χ0n) is 15.5. The molecule has 0 spiro atoms. The molecule has 1 aliphatic rings. The molecule has 1 saturated carbocycles. The fourth-order valence-electron chi connectivity index (χ4n) is 3.88. The minimum Gasteiger partial charge on any atom is -0.364 e. The lowest BCUT2D eigenvalue weighted by molar-refractivity contribution is 0.0995. The molecule has 0 unspecified atom stereocenters. The summed E-state index contributed by atoms with van der Waals surface area (Å²) < 4.78 is 0. The van der Waals surface area contributed by atoms with Crippen molar-refractivity contribution in [3.05, 3.63) is 89.2 Å². The van der Waals surface area contributed by atoms with Gasteiger partial charge in [-0.3, -0.25) is 4.79 Å². The average molecular weight is 367 g/mol. The van der Waals surface area contributed by atoms with E-state index < -0.39 is 5.91 Å². The maximum atomic E-state index is 11.5. The number of nitrogens with two attached hydrogens (primary N) is 1. The Kier molecular flexibility index (Phi) is 3.97. The average Bonchev–Trinajstić information content (AvgIpc) is 3.52. The number of carbonyl (C=O) groups excluding carboxylic acids is 1. The van der Waals surface area contributed by atoms with Gasteiger partial charge in [0.25, 0.3) is 5.91 Å². The Hall–Kier alpha value is -3.40. The van der Waals surface area contributed by atoms with Crippen LogP contribution in [-0.2, 0) is 6.42 Å². The molecular weight excluding hydrogens is 346 g/mol. The van der Waals surface area contributed by atoms with Crippen molar-refractivity contribution in [3.63, 3.8) is 0 Å². The second-order valence-electron chi connectivity index (χ2n) is 7.48. The summed E-state index contributed by atoms with van der Waals surface area (Å²) in [4.78, 5) is 19.6. The zero-order valence-corrected chi connectivity index (χ0v) is 15.5. The maximum absolute atomic E-state index is 11.5. The van der Waals surface area contributed by atoms with Gasteiger partial charge in [-0.1, -0.05) is 48.5 Å².